The summed E-state index contributed by atoms with van der Waals surface area (Å²) in [5.41, 5.74) is 6.75. The smallest absolute Gasteiger partial charge is 0.239 e. The van der Waals surface area contributed by atoms with Gasteiger partial charge in [0.15, 0.2) is 0 Å². The molecule has 1 atom stereocenters. The molecule has 0 saturated carbocycles. The molecule has 0 aliphatic heterocycles. The Morgan fingerprint density at radius 1 is 1.67 bits per heavy atom. The van der Waals surface area contributed by atoms with Gasteiger partial charge in [0.25, 0.3) is 0 Å². The van der Waals surface area contributed by atoms with Crippen molar-refractivity contribution in [3.05, 3.63) is 21.9 Å². The second-order valence-electron chi connectivity index (χ2n) is 3.51. The van der Waals surface area contributed by atoms with Crippen LogP contribution in [0.25, 0.3) is 0 Å². The van der Waals surface area contributed by atoms with Gasteiger partial charge in [-0.2, -0.15) is 0 Å². The molecule has 1 aromatic heterocycles. The van der Waals surface area contributed by atoms with Crippen LogP contribution < -0.4 is 5.73 Å². The van der Waals surface area contributed by atoms with Gasteiger partial charge in [0, 0.05) is 11.9 Å². The Morgan fingerprint density at radius 3 is 2.67 bits per heavy atom. The van der Waals surface area contributed by atoms with Gasteiger partial charge in [0.05, 0.1) is 12.6 Å². The van der Waals surface area contributed by atoms with E-state index in [4.69, 9.17) is 5.73 Å². The molecule has 1 unspecified atom stereocenters. The fourth-order valence-corrected chi connectivity index (χ4v) is 2.17. The molecule has 0 spiro atoms. The summed E-state index contributed by atoms with van der Waals surface area (Å²) < 4.78 is 0. The monoisotopic (exact) mass is 248 g/mol. The van der Waals surface area contributed by atoms with Gasteiger partial charge in [-0.1, -0.05) is 0 Å². The molecule has 2 N–H and O–H groups in total. The number of thiophene rings is 1. The van der Waals surface area contributed by atoms with E-state index < -0.39 is 6.04 Å². The van der Waals surface area contributed by atoms with E-state index in [1.807, 2.05) is 5.38 Å². The summed E-state index contributed by atoms with van der Waals surface area (Å²) in [4.78, 5) is 14.4. The SMILES string of the molecule is Cc1ccsc1CN(C)C(=O)C(C)N.Cl. The lowest BCUT2D eigenvalue weighted by molar-refractivity contribution is -0.131. The quantitative estimate of drug-likeness (QED) is 0.887. The number of hydrogen-bond donors (Lipinski definition) is 1. The van der Waals surface area contributed by atoms with E-state index in [0.29, 0.717) is 6.54 Å². The lowest BCUT2D eigenvalue weighted by atomic mass is 10.2. The van der Waals surface area contributed by atoms with Crippen molar-refractivity contribution >= 4 is 29.7 Å². The van der Waals surface area contributed by atoms with Crippen molar-refractivity contribution in [2.45, 2.75) is 26.4 Å². The van der Waals surface area contributed by atoms with Crippen molar-refractivity contribution in [1.29, 1.82) is 0 Å². The lowest BCUT2D eigenvalue weighted by Crippen LogP contribution is -2.39. The van der Waals surface area contributed by atoms with Crippen LogP contribution in [0.1, 0.15) is 17.4 Å². The molecule has 0 radical (unpaired) electrons. The minimum Gasteiger partial charge on any atom is -0.339 e. The van der Waals surface area contributed by atoms with Crippen LogP contribution in [0.2, 0.25) is 0 Å². The summed E-state index contributed by atoms with van der Waals surface area (Å²) in [7, 11) is 1.78. The third-order valence-electron chi connectivity index (χ3n) is 2.11. The summed E-state index contributed by atoms with van der Waals surface area (Å²) >= 11 is 1.67. The summed E-state index contributed by atoms with van der Waals surface area (Å²) in [5, 5.41) is 2.04. The predicted molar refractivity (Wildman–Crippen MR) is 66.4 cm³/mol. The Bertz CT molecular complexity index is 325. The average Bonchev–Trinajstić information content (AvgIpc) is 2.50. The highest BCUT2D eigenvalue weighted by Gasteiger charge is 2.14. The van der Waals surface area contributed by atoms with Crippen LogP contribution in [0.4, 0.5) is 0 Å². The molecule has 0 saturated heterocycles. The Labute approximate surface area is 101 Å². The Hall–Kier alpha value is -0.580. The molecular formula is C10H17ClN2OS. The normalized spacial score (nSPS) is 11.7. The highest BCUT2D eigenvalue weighted by Crippen LogP contribution is 2.17. The fraction of sp³-hybridized carbons (Fsp3) is 0.500. The zero-order valence-corrected chi connectivity index (χ0v) is 10.8. The average molecular weight is 249 g/mol. The minimum atomic E-state index is -0.416. The maximum atomic E-state index is 11.5. The van der Waals surface area contributed by atoms with E-state index in [-0.39, 0.29) is 18.3 Å². The number of nitrogens with zero attached hydrogens (tertiary/aromatic N) is 1. The molecule has 0 bridgehead atoms. The van der Waals surface area contributed by atoms with Gasteiger partial charge in [-0.25, -0.2) is 0 Å². The van der Waals surface area contributed by atoms with E-state index >= 15 is 0 Å². The van der Waals surface area contributed by atoms with Crippen molar-refractivity contribution in [2.75, 3.05) is 7.05 Å². The summed E-state index contributed by atoms with van der Waals surface area (Å²) in [6.45, 7) is 4.42. The number of halogens is 1. The summed E-state index contributed by atoms with van der Waals surface area (Å²) in [5.74, 6) is -0.0159. The maximum Gasteiger partial charge on any atom is 0.239 e. The first-order valence-corrected chi connectivity index (χ1v) is 5.44. The van der Waals surface area contributed by atoms with Gasteiger partial charge in [0.2, 0.25) is 5.91 Å². The number of aryl methyl sites for hydroxylation is 1. The van der Waals surface area contributed by atoms with Crippen LogP contribution in [-0.4, -0.2) is 23.9 Å². The van der Waals surface area contributed by atoms with E-state index in [9.17, 15) is 4.79 Å². The molecule has 1 heterocycles. The van der Waals surface area contributed by atoms with Crippen LogP contribution in [0.5, 0.6) is 0 Å². The van der Waals surface area contributed by atoms with Crippen molar-refractivity contribution in [2.24, 2.45) is 5.73 Å². The molecule has 3 nitrogen and oxygen atoms in total. The number of rotatable bonds is 3. The number of carbonyl (C=O) groups excluding carboxylic acids is 1. The third-order valence-corrected chi connectivity index (χ3v) is 3.12. The van der Waals surface area contributed by atoms with Crippen LogP contribution >= 0.6 is 23.7 Å². The molecule has 5 heteroatoms. The lowest BCUT2D eigenvalue weighted by Gasteiger charge is -2.18. The number of likely N-dealkylation sites (N-methyl/N-ethyl adjacent to an activating group) is 1. The fourth-order valence-electron chi connectivity index (χ4n) is 1.21. The molecule has 0 aliphatic rings. The van der Waals surface area contributed by atoms with Crippen LogP contribution in [-0.2, 0) is 11.3 Å². The van der Waals surface area contributed by atoms with Gasteiger partial charge < -0.3 is 10.6 Å². The van der Waals surface area contributed by atoms with Crippen molar-refractivity contribution < 1.29 is 4.79 Å². The molecule has 1 amide bonds. The van der Waals surface area contributed by atoms with Gasteiger partial charge in [-0.15, -0.1) is 23.7 Å². The zero-order valence-electron chi connectivity index (χ0n) is 9.19. The highest BCUT2D eigenvalue weighted by molar-refractivity contribution is 7.10. The Morgan fingerprint density at radius 2 is 2.27 bits per heavy atom. The number of nitrogens with two attached hydrogens (primary N) is 1. The largest absolute Gasteiger partial charge is 0.339 e. The van der Waals surface area contributed by atoms with Crippen LogP contribution in [0, 0.1) is 6.92 Å². The molecule has 86 valence electrons. The van der Waals surface area contributed by atoms with Gasteiger partial charge in [-0.3, -0.25) is 4.79 Å². The Balaban J connectivity index is 0.00000196. The number of amides is 1. The van der Waals surface area contributed by atoms with Crippen molar-refractivity contribution in [3.8, 4) is 0 Å². The topological polar surface area (TPSA) is 46.3 Å². The van der Waals surface area contributed by atoms with Crippen LogP contribution in [0.3, 0.4) is 0 Å². The van der Waals surface area contributed by atoms with Crippen LogP contribution in [0.15, 0.2) is 11.4 Å². The molecule has 1 rings (SSSR count). The predicted octanol–water partition coefficient (Wildman–Crippen LogP) is 1.78. The third kappa shape index (κ3) is 3.81. The van der Waals surface area contributed by atoms with Gasteiger partial charge in [-0.05, 0) is 30.9 Å². The number of carbonyl (C=O) groups is 1. The molecule has 15 heavy (non-hydrogen) atoms. The first-order valence-electron chi connectivity index (χ1n) is 4.56. The molecule has 0 aliphatic carbocycles. The minimum absolute atomic E-state index is 0. The van der Waals surface area contributed by atoms with E-state index in [1.54, 1.807) is 30.2 Å². The van der Waals surface area contributed by atoms with E-state index in [2.05, 4.69) is 13.0 Å². The molecular weight excluding hydrogens is 232 g/mol. The van der Waals surface area contributed by atoms with Crippen molar-refractivity contribution in [3.63, 3.8) is 0 Å². The Kier molecular flexibility index (Phi) is 5.87. The van der Waals surface area contributed by atoms with E-state index in [1.165, 1.54) is 10.4 Å². The second-order valence-corrected chi connectivity index (χ2v) is 4.51. The maximum absolute atomic E-state index is 11.5. The zero-order chi connectivity index (χ0) is 10.7. The van der Waals surface area contributed by atoms with Crippen molar-refractivity contribution in [1.82, 2.24) is 4.90 Å². The molecule has 0 fully saturated rings. The summed E-state index contributed by atoms with van der Waals surface area (Å²) in [6.07, 6.45) is 0. The van der Waals surface area contributed by atoms with Gasteiger partial charge in [0.1, 0.15) is 0 Å². The summed E-state index contributed by atoms with van der Waals surface area (Å²) in [6, 6.07) is 1.64. The first-order chi connectivity index (χ1) is 6.52. The first kappa shape index (κ1) is 14.4. The molecule has 1 aromatic rings. The molecule has 0 aromatic carbocycles. The standard InChI is InChI=1S/C10H16N2OS.ClH/c1-7-4-5-14-9(7)6-12(3)10(13)8(2)11;/h4-5,8H,6,11H2,1-3H3;1H. The second kappa shape index (κ2) is 6.10. The van der Waals surface area contributed by atoms with E-state index in [0.717, 1.165) is 0 Å². The highest BCUT2D eigenvalue weighted by atomic mass is 35.5. The van der Waals surface area contributed by atoms with Gasteiger partial charge >= 0.3 is 0 Å². The number of hydrogen-bond acceptors (Lipinski definition) is 3.